The molecule has 120 valence electrons. The van der Waals surface area contributed by atoms with Gasteiger partial charge in [-0.25, -0.2) is 8.42 Å². The van der Waals surface area contributed by atoms with E-state index in [1.54, 1.807) is 28.6 Å². The average Bonchev–Trinajstić information content (AvgIpc) is 2.98. The second-order valence-electron chi connectivity index (χ2n) is 6.83. The second kappa shape index (κ2) is 5.58. The fourth-order valence-electron chi connectivity index (χ4n) is 4.17. The van der Waals surface area contributed by atoms with E-state index in [4.69, 9.17) is 0 Å². The third-order valence-corrected chi connectivity index (χ3v) is 7.93. The molecule has 3 aliphatic rings. The second-order valence-corrected chi connectivity index (χ2v) is 9.69. The van der Waals surface area contributed by atoms with Gasteiger partial charge in [-0.1, -0.05) is 22.4 Å². The molecule has 2 atom stereocenters. The van der Waals surface area contributed by atoms with Crippen molar-refractivity contribution in [2.45, 2.75) is 30.2 Å². The Balaban J connectivity index is 1.39. The van der Waals surface area contributed by atoms with Crippen molar-refractivity contribution in [2.24, 2.45) is 11.8 Å². The van der Waals surface area contributed by atoms with Crippen LogP contribution in [-0.4, -0.2) is 49.8 Å². The lowest BCUT2D eigenvalue weighted by Crippen LogP contribution is -2.60. The van der Waals surface area contributed by atoms with Gasteiger partial charge in [-0.2, -0.15) is 4.31 Å². The zero-order chi connectivity index (χ0) is 15.3. The van der Waals surface area contributed by atoms with Crippen LogP contribution in [0.2, 0.25) is 0 Å². The maximum atomic E-state index is 12.6. The first-order valence-electron chi connectivity index (χ1n) is 8.04. The highest BCUT2D eigenvalue weighted by Crippen LogP contribution is 2.39. The Hall–Kier alpha value is -0.430. The van der Waals surface area contributed by atoms with Crippen molar-refractivity contribution in [3.05, 3.63) is 28.7 Å². The van der Waals surface area contributed by atoms with Gasteiger partial charge in [0, 0.05) is 36.7 Å². The summed E-state index contributed by atoms with van der Waals surface area (Å²) < 4.78 is 27.7. The van der Waals surface area contributed by atoms with Gasteiger partial charge in [0.1, 0.15) is 0 Å². The van der Waals surface area contributed by atoms with Gasteiger partial charge in [0.15, 0.2) is 0 Å². The lowest BCUT2D eigenvalue weighted by Gasteiger charge is -2.43. The number of halogens is 1. The molecule has 1 aromatic rings. The Bertz CT molecular complexity index is 643. The van der Waals surface area contributed by atoms with Crippen molar-refractivity contribution in [1.82, 2.24) is 9.21 Å². The van der Waals surface area contributed by atoms with E-state index < -0.39 is 10.0 Å². The van der Waals surface area contributed by atoms with Gasteiger partial charge in [0.25, 0.3) is 0 Å². The van der Waals surface area contributed by atoms with Gasteiger partial charge >= 0.3 is 0 Å². The third-order valence-electron chi connectivity index (χ3n) is 5.55. The quantitative estimate of drug-likeness (QED) is 0.803. The maximum Gasteiger partial charge on any atom is 0.243 e. The van der Waals surface area contributed by atoms with Crippen LogP contribution in [0.25, 0.3) is 0 Å². The molecule has 6 heteroatoms. The highest BCUT2D eigenvalue weighted by atomic mass is 79.9. The summed E-state index contributed by atoms with van der Waals surface area (Å²) in [7, 11) is -3.31. The smallest absolute Gasteiger partial charge is 0.243 e. The zero-order valence-corrected chi connectivity index (χ0v) is 14.9. The highest BCUT2D eigenvalue weighted by Gasteiger charge is 2.45. The summed E-state index contributed by atoms with van der Waals surface area (Å²) in [5.74, 6) is 1.74. The van der Waals surface area contributed by atoms with Crippen LogP contribution in [0.15, 0.2) is 33.6 Å². The molecule has 3 fully saturated rings. The van der Waals surface area contributed by atoms with E-state index in [2.05, 4.69) is 20.8 Å². The minimum atomic E-state index is -3.31. The van der Waals surface area contributed by atoms with Crippen LogP contribution in [0.3, 0.4) is 0 Å². The molecule has 2 unspecified atom stereocenters. The first kappa shape index (κ1) is 15.1. The van der Waals surface area contributed by atoms with Gasteiger partial charge in [0.05, 0.1) is 4.90 Å². The Morgan fingerprint density at radius 2 is 1.55 bits per heavy atom. The molecule has 0 spiro atoms. The van der Waals surface area contributed by atoms with Crippen molar-refractivity contribution in [1.29, 1.82) is 0 Å². The van der Waals surface area contributed by atoms with Gasteiger partial charge in [-0.15, -0.1) is 0 Å². The standard InChI is InChI=1S/C16H21BrN2O2S/c17-14-4-6-16(7-5-14)22(20,21)19-10-15(11-19)18-8-12-2-1-3-13(12)9-18/h4-7,12-13,15H,1-3,8-11H2. The van der Waals surface area contributed by atoms with Crippen LogP contribution in [-0.2, 0) is 10.0 Å². The molecule has 0 bridgehead atoms. The van der Waals surface area contributed by atoms with E-state index in [1.807, 2.05) is 0 Å². The first-order chi connectivity index (χ1) is 10.5. The summed E-state index contributed by atoms with van der Waals surface area (Å²) in [5.41, 5.74) is 0. The largest absolute Gasteiger partial charge is 0.297 e. The molecule has 1 aromatic carbocycles. The lowest BCUT2D eigenvalue weighted by atomic mass is 10.0. The van der Waals surface area contributed by atoms with Gasteiger partial charge < -0.3 is 0 Å². The Kier molecular flexibility index (Phi) is 3.84. The molecule has 1 aliphatic carbocycles. The van der Waals surface area contributed by atoms with Crippen LogP contribution in [0.4, 0.5) is 0 Å². The molecule has 4 rings (SSSR count). The van der Waals surface area contributed by atoms with E-state index >= 15 is 0 Å². The molecule has 0 radical (unpaired) electrons. The summed E-state index contributed by atoms with van der Waals surface area (Å²) in [4.78, 5) is 2.93. The molecule has 0 amide bonds. The maximum absolute atomic E-state index is 12.6. The minimum Gasteiger partial charge on any atom is -0.297 e. The average molecular weight is 385 g/mol. The Morgan fingerprint density at radius 1 is 0.955 bits per heavy atom. The summed E-state index contributed by atoms with van der Waals surface area (Å²) in [6.45, 7) is 3.67. The van der Waals surface area contributed by atoms with Gasteiger partial charge in [-0.3, -0.25) is 4.90 Å². The number of hydrogen-bond acceptors (Lipinski definition) is 3. The molecule has 0 N–H and O–H groups in total. The summed E-state index contributed by atoms with van der Waals surface area (Å²) in [6.07, 6.45) is 4.13. The fourth-order valence-corrected chi connectivity index (χ4v) is 5.95. The molecule has 22 heavy (non-hydrogen) atoms. The van der Waals surface area contributed by atoms with Crippen LogP contribution in [0.5, 0.6) is 0 Å². The molecule has 2 aliphatic heterocycles. The number of benzene rings is 1. The number of nitrogens with zero attached hydrogens (tertiary/aromatic N) is 2. The van der Waals surface area contributed by atoms with Crippen molar-refractivity contribution >= 4 is 26.0 Å². The first-order valence-corrected chi connectivity index (χ1v) is 10.3. The molecule has 1 saturated carbocycles. The van der Waals surface area contributed by atoms with Gasteiger partial charge in [-0.05, 0) is 48.9 Å². The van der Waals surface area contributed by atoms with Gasteiger partial charge in [0.2, 0.25) is 10.0 Å². The normalized spacial score (nSPS) is 30.4. The summed E-state index contributed by atoms with van der Waals surface area (Å²) in [5, 5.41) is 0. The molecule has 4 nitrogen and oxygen atoms in total. The van der Waals surface area contributed by atoms with E-state index in [-0.39, 0.29) is 0 Å². The van der Waals surface area contributed by atoms with E-state index in [1.165, 1.54) is 32.4 Å². The highest BCUT2D eigenvalue weighted by molar-refractivity contribution is 9.10. The van der Waals surface area contributed by atoms with E-state index in [0.29, 0.717) is 24.0 Å². The zero-order valence-electron chi connectivity index (χ0n) is 12.5. The summed E-state index contributed by atoms with van der Waals surface area (Å²) in [6, 6.07) is 7.34. The Morgan fingerprint density at radius 3 is 2.14 bits per heavy atom. The molecule has 2 saturated heterocycles. The predicted octanol–water partition coefficient (Wildman–Crippen LogP) is 2.55. The predicted molar refractivity (Wildman–Crippen MR) is 89.1 cm³/mol. The van der Waals surface area contributed by atoms with Crippen LogP contribution >= 0.6 is 15.9 Å². The number of sulfonamides is 1. The Labute approximate surface area is 140 Å². The minimum absolute atomic E-state index is 0.396. The van der Waals surface area contributed by atoms with E-state index in [0.717, 1.165) is 16.3 Å². The van der Waals surface area contributed by atoms with Crippen molar-refractivity contribution < 1.29 is 8.42 Å². The van der Waals surface area contributed by atoms with Crippen LogP contribution in [0, 0.1) is 11.8 Å². The van der Waals surface area contributed by atoms with Crippen LogP contribution in [0.1, 0.15) is 19.3 Å². The third kappa shape index (κ3) is 2.54. The molecule has 2 heterocycles. The number of hydrogen-bond donors (Lipinski definition) is 0. The number of likely N-dealkylation sites (tertiary alicyclic amines) is 1. The summed E-state index contributed by atoms with van der Waals surface area (Å²) >= 11 is 3.34. The fraction of sp³-hybridized carbons (Fsp3) is 0.625. The monoisotopic (exact) mass is 384 g/mol. The van der Waals surface area contributed by atoms with Crippen molar-refractivity contribution in [2.75, 3.05) is 26.2 Å². The lowest BCUT2D eigenvalue weighted by molar-refractivity contribution is 0.102. The topological polar surface area (TPSA) is 40.6 Å². The van der Waals surface area contributed by atoms with Crippen LogP contribution < -0.4 is 0 Å². The molecular weight excluding hydrogens is 364 g/mol. The SMILES string of the molecule is O=S(=O)(c1ccc(Br)cc1)N1CC(N2CC3CCCC3C2)C1. The molecule has 0 aromatic heterocycles. The van der Waals surface area contributed by atoms with Crippen molar-refractivity contribution in [3.8, 4) is 0 Å². The number of rotatable bonds is 3. The molecular formula is C16H21BrN2O2S. The number of fused-ring (bicyclic) bond motifs is 1. The van der Waals surface area contributed by atoms with E-state index in [9.17, 15) is 8.42 Å². The van der Waals surface area contributed by atoms with Crippen molar-refractivity contribution in [3.63, 3.8) is 0 Å².